The van der Waals surface area contributed by atoms with Crippen molar-refractivity contribution in [3.05, 3.63) is 34.3 Å². The molecule has 0 aliphatic heterocycles. The molecule has 0 aromatic heterocycles. The predicted molar refractivity (Wildman–Crippen MR) is 70.3 cm³/mol. The zero-order valence-corrected chi connectivity index (χ0v) is 11.1. The lowest BCUT2D eigenvalue weighted by Gasteiger charge is -2.24. The van der Waals surface area contributed by atoms with E-state index in [1.165, 1.54) is 32.1 Å². The maximum Gasteiger partial charge on any atom is 0.0803 e. The molecule has 1 atom stereocenters. The summed E-state index contributed by atoms with van der Waals surface area (Å²) in [6.07, 6.45) is 7.26. The van der Waals surface area contributed by atoms with Gasteiger partial charge in [0.2, 0.25) is 0 Å². The third-order valence-electron chi connectivity index (χ3n) is 3.55. The Labute approximate surface area is 106 Å². The lowest BCUT2D eigenvalue weighted by atomic mass is 9.84. The monoisotopic (exact) mass is 282 g/mol. The van der Waals surface area contributed by atoms with Crippen molar-refractivity contribution in [3.8, 4) is 0 Å². The highest BCUT2D eigenvalue weighted by Gasteiger charge is 2.19. The molecule has 0 spiro atoms. The fourth-order valence-electron chi connectivity index (χ4n) is 2.61. The van der Waals surface area contributed by atoms with Crippen LogP contribution in [0.25, 0.3) is 0 Å². The first-order valence-corrected chi connectivity index (χ1v) is 6.99. The third-order valence-corrected chi connectivity index (χ3v) is 4.27. The Hall–Kier alpha value is -0.340. The van der Waals surface area contributed by atoms with Crippen LogP contribution in [-0.2, 0) is 0 Å². The largest absolute Gasteiger partial charge is 0.388 e. The lowest BCUT2D eigenvalue weighted by molar-refractivity contribution is 0.131. The van der Waals surface area contributed by atoms with E-state index in [-0.39, 0.29) is 6.10 Å². The Morgan fingerprint density at radius 2 is 1.88 bits per heavy atom. The smallest absolute Gasteiger partial charge is 0.0803 e. The van der Waals surface area contributed by atoms with E-state index in [1.54, 1.807) is 0 Å². The van der Waals surface area contributed by atoms with Crippen LogP contribution >= 0.6 is 15.9 Å². The van der Waals surface area contributed by atoms with Crippen LogP contribution in [0, 0.1) is 5.92 Å². The predicted octanol–water partition coefficient (Wildman–Crippen LogP) is 4.45. The van der Waals surface area contributed by atoms with Gasteiger partial charge in [-0.1, -0.05) is 66.2 Å². The summed E-state index contributed by atoms with van der Waals surface area (Å²) in [5.41, 5.74) is 1.04. The Kier molecular flexibility index (Phi) is 4.42. The molecule has 2 heteroatoms. The van der Waals surface area contributed by atoms with Crippen LogP contribution in [-0.4, -0.2) is 5.11 Å². The van der Waals surface area contributed by atoms with E-state index in [0.717, 1.165) is 22.4 Å². The maximum atomic E-state index is 10.2. The summed E-state index contributed by atoms with van der Waals surface area (Å²) in [5, 5.41) is 10.2. The SMILES string of the molecule is OC(CC1CCCCC1)c1ccccc1Br. The summed E-state index contributed by atoms with van der Waals surface area (Å²) in [6.45, 7) is 0. The molecule has 88 valence electrons. The molecular formula is C14H19BrO. The molecule has 1 nitrogen and oxygen atoms in total. The molecule has 0 heterocycles. The fraction of sp³-hybridized carbons (Fsp3) is 0.571. The highest BCUT2D eigenvalue weighted by Crippen LogP contribution is 2.33. The van der Waals surface area contributed by atoms with Gasteiger partial charge in [-0.25, -0.2) is 0 Å². The van der Waals surface area contributed by atoms with Gasteiger partial charge in [0, 0.05) is 4.47 Å². The summed E-state index contributed by atoms with van der Waals surface area (Å²) in [7, 11) is 0. The maximum absolute atomic E-state index is 10.2. The van der Waals surface area contributed by atoms with Crippen molar-refractivity contribution in [2.24, 2.45) is 5.92 Å². The Morgan fingerprint density at radius 1 is 1.19 bits per heavy atom. The number of aliphatic hydroxyl groups excluding tert-OH is 1. The third kappa shape index (κ3) is 3.08. The molecule has 1 N–H and O–H groups in total. The average Bonchev–Trinajstić information content (AvgIpc) is 2.31. The quantitative estimate of drug-likeness (QED) is 0.868. The zero-order valence-electron chi connectivity index (χ0n) is 9.53. The van der Waals surface area contributed by atoms with Gasteiger partial charge in [0.15, 0.2) is 0 Å². The zero-order chi connectivity index (χ0) is 11.4. The first-order chi connectivity index (χ1) is 7.77. The van der Waals surface area contributed by atoms with E-state index in [1.807, 2.05) is 24.3 Å². The molecule has 0 radical (unpaired) electrons. The van der Waals surface area contributed by atoms with Crippen molar-refractivity contribution in [2.75, 3.05) is 0 Å². The van der Waals surface area contributed by atoms with Crippen LogP contribution in [0.1, 0.15) is 50.2 Å². The second kappa shape index (κ2) is 5.83. The van der Waals surface area contributed by atoms with Gasteiger partial charge in [0.25, 0.3) is 0 Å². The molecule has 1 aliphatic carbocycles. The van der Waals surface area contributed by atoms with Crippen LogP contribution in [0.4, 0.5) is 0 Å². The van der Waals surface area contributed by atoms with E-state index >= 15 is 0 Å². The lowest BCUT2D eigenvalue weighted by Crippen LogP contribution is -2.11. The highest BCUT2D eigenvalue weighted by atomic mass is 79.9. The van der Waals surface area contributed by atoms with Gasteiger partial charge in [0.05, 0.1) is 6.10 Å². The molecule has 1 fully saturated rings. The van der Waals surface area contributed by atoms with Crippen molar-refractivity contribution in [1.29, 1.82) is 0 Å². The molecule has 1 saturated carbocycles. The molecule has 1 aromatic rings. The Morgan fingerprint density at radius 3 is 2.56 bits per heavy atom. The number of hydrogen-bond acceptors (Lipinski definition) is 1. The normalized spacial score (nSPS) is 19.6. The Balaban J connectivity index is 1.96. The first kappa shape index (κ1) is 12.1. The number of halogens is 1. The van der Waals surface area contributed by atoms with Crippen LogP contribution in [0.2, 0.25) is 0 Å². The van der Waals surface area contributed by atoms with E-state index in [4.69, 9.17) is 0 Å². The van der Waals surface area contributed by atoms with E-state index in [9.17, 15) is 5.11 Å². The molecule has 1 aromatic carbocycles. The van der Waals surface area contributed by atoms with Crippen molar-refractivity contribution in [3.63, 3.8) is 0 Å². The molecule has 2 rings (SSSR count). The van der Waals surface area contributed by atoms with Crippen LogP contribution in [0.5, 0.6) is 0 Å². The molecule has 0 bridgehead atoms. The standard InChI is InChI=1S/C14H19BrO/c15-13-9-5-4-8-12(13)14(16)10-11-6-2-1-3-7-11/h4-5,8-9,11,14,16H,1-3,6-7,10H2. The average molecular weight is 283 g/mol. The second-order valence-electron chi connectivity index (χ2n) is 4.78. The second-order valence-corrected chi connectivity index (χ2v) is 5.63. The van der Waals surface area contributed by atoms with Crippen LogP contribution < -0.4 is 0 Å². The first-order valence-electron chi connectivity index (χ1n) is 6.20. The fourth-order valence-corrected chi connectivity index (χ4v) is 3.16. The summed E-state index contributed by atoms with van der Waals surface area (Å²) in [6, 6.07) is 7.99. The van der Waals surface area contributed by atoms with Gasteiger partial charge < -0.3 is 5.11 Å². The van der Waals surface area contributed by atoms with Crippen LogP contribution in [0.3, 0.4) is 0 Å². The van der Waals surface area contributed by atoms with Crippen molar-refractivity contribution < 1.29 is 5.11 Å². The van der Waals surface area contributed by atoms with Crippen molar-refractivity contribution in [1.82, 2.24) is 0 Å². The topological polar surface area (TPSA) is 20.2 Å². The van der Waals surface area contributed by atoms with E-state index in [2.05, 4.69) is 15.9 Å². The highest BCUT2D eigenvalue weighted by molar-refractivity contribution is 9.10. The minimum Gasteiger partial charge on any atom is -0.388 e. The van der Waals surface area contributed by atoms with Gasteiger partial charge >= 0.3 is 0 Å². The summed E-state index contributed by atoms with van der Waals surface area (Å²) >= 11 is 3.50. The summed E-state index contributed by atoms with van der Waals surface area (Å²) in [5.74, 6) is 0.718. The van der Waals surface area contributed by atoms with Gasteiger partial charge in [-0.05, 0) is 24.0 Å². The molecule has 1 unspecified atom stereocenters. The molecular weight excluding hydrogens is 264 g/mol. The van der Waals surface area contributed by atoms with Gasteiger partial charge in [-0.2, -0.15) is 0 Å². The van der Waals surface area contributed by atoms with Gasteiger partial charge in [-0.15, -0.1) is 0 Å². The molecule has 16 heavy (non-hydrogen) atoms. The molecule has 0 amide bonds. The van der Waals surface area contributed by atoms with E-state index < -0.39 is 0 Å². The van der Waals surface area contributed by atoms with E-state index in [0.29, 0.717) is 0 Å². The number of rotatable bonds is 3. The number of hydrogen-bond donors (Lipinski definition) is 1. The number of aliphatic hydroxyl groups is 1. The summed E-state index contributed by atoms with van der Waals surface area (Å²) < 4.78 is 1.03. The van der Waals surface area contributed by atoms with Crippen molar-refractivity contribution in [2.45, 2.75) is 44.6 Å². The minimum atomic E-state index is -0.307. The van der Waals surface area contributed by atoms with Gasteiger partial charge in [0.1, 0.15) is 0 Å². The van der Waals surface area contributed by atoms with Crippen molar-refractivity contribution >= 4 is 15.9 Å². The minimum absolute atomic E-state index is 0.307. The van der Waals surface area contributed by atoms with Crippen LogP contribution in [0.15, 0.2) is 28.7 Å². The number of benzene rings is 1. The van der Waals surface area contributed by atoms with Gasteiger partial charge in [-0.3, -0.25) is 0 Å². The molecule has 1 aliphatic rings. The summed E-state index contributed by atoms with van der Waals surface area (Å²) in [4.78, 5) is 0. The Bertz CT molecular complexity index is 331. The molecule has 0 saturated heterocycles.